The summed E-state index contributed by atoms with van der Waals surface area (Å²) >= 11 is 3.36. The number of amides is 1. The van der Waals surface area contributed by atoms with Gasteiger partial charge in [-0.2, -0.15) is 0 Å². The van der Waals surface area contributed by atoms with Gasteiger partial charge in [-0.15, -0.1) is 0 Å². The van der Waals surface area contributed by atoms with E-state index in [-0.39, 0.29) is 18.2 Å². The second kappa shape index (κ2) is 6.17. The molecule has 2 N–H and O–H groups in total. The highest BCUT2D eigenvalue weighted by Crippen LogP contribution is 2.21. The molecule has 0 saturated heterocycles. The average molecular weight is 300 g/mol. The fourth-order valence-electron chi connectivity index (χ4n) is 1.36. The predicted molar refractivity (Wildman–Crippen MR) is 73.0 cm³/mol. The quantitative estimate of drug-likeness (QED) is 0.897. The van der Waals surface area contributed by atoms with Crippen molar-refractivity contribution < 1.29 is 9.90 Å². The number of aliphatic hydroxyl groups is 1. The molecule has 17 heavy (non-hydrogen) atoms. The number of rotatable bonds is 4. The second-order valence-corrected chi connectivity index (χ2v) is 5.44. The lowest BCUT2D eigenvalue weighted by molar-refractivity contribution is -0.118. The Balaban J connectivity index is 2.65. The molecule has 1 aromatic rings. The van der Waals surface area contributed by atoms with Crippen LogP contribution in [0.2, 0.25) is 0 Å². The van der Waals surface area contributed by atoms with Gasteiger partial charge in [-0.05, 0) is 30.5 Å². The van der Waals surface area contributed by atoms with Crippen molar-refractivity contribution in [2.75, 3.05) is 5.32 Å². The third-order valence-corrected chi connectivity index (χ3v) is 3.13. The van der Waals surface area contributed by atoms with Crippen LogP contribution in [0.25, 0.3) is 0 Å². The molecule has 0 aliphatic heterocycles. The largest absolute Gasteiger partial charge is 0.392 e. The minimum Gasteiger partial charge on any atom is -0.392 e. The minimum absolute atomic E-state index is 0.0874. The molecule has 0 radical (unpaired) electrons. The Hall–Kier alpha value is -0.870. The molecule has 0 aromatic heterocycles. The molecule has 94 valence electrons. The second-order valence-electron chi connectivity index (χ2n) is 4.52. The van der Waals surface area contributed by atoms with Gasteiger partial charge in [0, 0.05) is 10.2 Å². The molecule has 0 heterocycles. The van der Waals surface area contributed by atoms with Crippen molar-refractivity contribution >= 4 is 27.5 Å². The van der Waals surface area contributed by atoms with Crippen molar-refractivity contribution in [2.24, 2.45) is 5.92 Å². The summed E-state index contributed by atoms with van der Waals surface area (Å²) in [4.78, 5) is 11.7. The van der Waals surface area contributed by atoms with Crippen LogP contribution in [-0.2, 0) is 4.79 Å². The van der Waals surface area contributed by atoms with Crippen LogP contribution in [-0.4, -0.2) is 17.1 Å². The summed E-state index contributed by atoms with van der Waals surface area (Å²) in [5.74, 6) is -0.0724. The summed E-state index contributed by atoms with van der Waals surface area (Å²) in [6.45, 7) is 5.71. The molecule has 0 spiro atoms. The van der Waals surface area contributed by atoms with Crippen LogP contribution >= 0.6 is 15.9 Å². The van der Waals surface area contributed by atoms with Crippen molar-refractivity contribution in [3.63, 3.8) is 0 Å². The summed E-state index contributed by atoms with van der Waals surface area (Å²) in [5.41, 5.74) is 1.78. The number of aliphatic hydroxyl groups excluding tert-OH is 1. The Morgan fingerprint density at radius 1 is 1.47 bits per heavy atom. The van der Waals surface area contributed by atoms with Gasteiger partial charge in [-0.25, -0.2) is 0 Å². The number of aryl methyl sites for hydroxylation is 1. The van der Waals surface area contributed by atoms with Crippen LogP contribution in [0.3, 0.4) is 0 Å². The number of hydrogen-bond acceptors (Lipinski definition) is 2. The highest BCUT2D eigenvalue weighted by molar-refractivity contribution is 9.10. The monoisotopic (exact) mass is 299 g/mol. The van der Waals surface area contributed by atoms with Crippen LogP contribution < -0.4 is 5.32 Å². The van der Waals surface area contributed by atoms with Gasteiger partial charge in [0.2, 0.25) is 5.91 Å². The van der Waals surface area contributed by atoms with Gasteiger partial charge in [0.15, 0.2) is 0 Å². The van der Waals surface area contributed by atoms with Crippen LogP contribution in [0.4, 0.5) is 5.69 Å². The molecule has 4 heteroatoms. The number of carbonyl (C=O) groups excluding carboxylic acids is 1. The standard InChI is InChI=1S/C13H18BrNO2/c1-8(2)12(16)7-13(17)15-11-6-10(14)5-4-9(11)3/h4-6,8,12,16H,7H2,1-3H3,(H,15,17). The predicted octanol–water partition coefficient (Wildman–Crippen LogP) is 3.10. The van der Waals surface area contributed by atoms with E-state index in [9.17, 15) is 9.90 Å². The number of carbonyl (C=O) groups is 1. The summed E-state index contributed by atoms with van der Waals surface area (Å²) in [5, 5.41) is 12.4. The van der Waals surface area contributed by atoms with Crippen molar-refractivity contribution in [1.29, 1.82) is 0 Å². The summed E-state index contributed by atoms with van der Waals surface area (Å²) in [6.07, 6.45) is -0.466. The van der Waals surface area contributed by atoms with E-state index in [1.54, 1.807) is 0 Å². The molecule has 1 aromatic carbocycles. The molecular formula is C13H18BrNO2. The topological polar surface area (TPSA) is 49.3 Å². The van der Waals surface area contributed by atoms with E-state index in [1.165, 1.54) is 0 Å². The number of hydrogen-bond donors (Lipinski definition) is 2. The van der Waals surface area contributed by atoms with Gasteiger partial charge >= 0.3 is 0 Å². The maximum Gasteiger partial charge on any atom is 0.226 e. The first-order valence-corrected chi connectivity index (χ1v) is 6.43. The van der Waals surface area contributed by atoms with Gasteiger partial charge < -0.3 is 10.4 Å². The molecule has 3 nitrogen and oxygen atoms in total. The molecule has 1 unspecified atom stereocenters. The van der Waals surface area contributed by atoms with E-state index in [4.69, 9.17) is 0 Å². The number of halogens is 1. The summed E-state index contributed by atoms with van der Waals surface area (Å²) in [7, 11) is 0. The van der Waals surface area contributed by atoms with E-state index >= 15 is 0 Å². The number of benzene rings is 1. The van der Waals surface area contributed by atoms with Crippen LogP contribution in [0.5, 0.6) is 0 Å². The Kier molecular flexibility index (Phi) is 5.15. The van der Waals surface area contributed by atoms with E-state index < -0.39 is 6.10 Å². The first-order chi connectivity index (χ1) is 7.90. The zero-order valence-electron chi connectivity index (χ0n) is 10.3. The average Bonchev–Trinajstić information content (AvgIpc) is 2.23. The van der Waals surface area contributed by atoms with Gasteiger partial charge in [0.05, 0.1) is 12.5 Å². The van der Waals surface area contributed by atoms with Gasteiger partial charge in [0.25, 0.3) is 0 Å². The lowest BCUT2D eigenvalue weighted by atomic mass is 10.0. The fraction of sp³-hybridized carbons (Fsp3) is 0.462. The number of nitrogens with one attached hydrogen (secondary N) is 1. The molecule has 1 amide bonds. The fourth-order valence-corrected chi connectivity index (χ4v) is 1.72. The lowest BCUT2D eigenvalue weighted by Crippen LogP contribution is -2.23. The molecule has 0 fully saturated rings. The molecule has 0 aliphatic rings. The van der Waals surface area contributed by atoms with Gasteiger partial charge in [-0.1, -0.05) is 35.8 Å². The molecule has 1 rings (SSSR count). The first kappa shape index (κ1) is 14.2. The minimum atomic E-state index is -0.595. The van der Waals surface area contributed by atoms with Gasteiger partial charge in [-0.3, -0.25) is 4.79 Å². The van der Waals surface area contributed by atoms with Crippen molar-refractivity contribution in [2.45, 2.75) is 33.3 Å². The Morgan fingerprint density at radius 3 is 2.71 bits per heavy atom. The maximum atomic E-state index is 11.7. The Morgan fingerprint density at radius 2 is 2.12 bits per heavy atom. The zero-order chi connectivity index (χ0) is 13.0. The SMILES string of the molecule is Cc1ccc(Br)cc1NC(=O)CC(O)C(C)C. The van der Waals surface area contributed by atoms with Crippen LogP contribution in [0.1, 0.15) is 25.8 Å². The lowest BCUT2D eigenvalue weighted by Gasteiger charge is -2.15. The summed E-state index contributed by atoms with van der Waals surface area (Å²) in [6, 6.07) is 5.71. The smallest absolute Gasteiger partial charge is 0.226 e. The van der Waals surface area contributed by atoms with Crippen molar-refractivity contribution in [3.8, 4) is 0 Å². The van der Waals surface area contributed by atoms with E-state index in [2.05, 4.69) is 21.2 Å². The first-order valence-electron chi connectivity index (χ1n) is 5.64. The highest BCUT2D eigenvalue weighted by atomic mass is 79.9. The summed E-state index contributed by atoms with van der Waals surface area (Å²) < 4.78 is 0.919. The highest BCUT2D eigenvalue weighted by Gasteiger charge is 2.14. The third kappa shape index (κ3) is 4.48. The van der Waals surface area contributed by atoms with Crippen molar-refractivity contribution in [3.05, 3.63) is 28.2 Å². The molecule has 0 saturated carbocycles. The normalized spacial score (nSPS) is 12.6. The molecule has 0 aliphatic carbocycles. The maximum absolute atomic E-state index is 11.7. The van der Waals surface area contributed by atoms with Gasteiger partial charge in [0.1, 0.15) is 0 Å². The van der Waals surface area contributed by atoms with Crippen LogP contribution in [0.15, 0.2) is 22.7 Å². The third-order valence-electron chi connectivity index (χ3n) is 2.64. The van der Waals surface area contributed by atoms with Crippen LogP contribution in [0, 0.1) is 12.8 Å². The molecular weight excluding hydrogens is 282 g/mol. The zero-order valence-corrected chi connectivity index (χ0v) is 11.9. The number of anilines is 1. The molecule has 0 bridgehead atoms. The Bertz CT molecular complexity index is 404. The van der Waals surface area contributed by atoms with Crippen molar-refractivity contribution in [1.82, 2.24) is 0 Å². The van der Waals surface area contributed by atoms with E-state index in [0.29, 0.717) is 0 Å². The molecule has 1 atom stereocenters. The Labute approximate surface area is 110 Å². The van der Waals surface area contributed by atoms with E-state index in [1.807, 2.05) is 39.0 Å². The van der Waals surface area contributed by atoms with E-state index in [0.717, 1.165) is 15.7 Å².